The number of carbonyl (C=O) groups excluding carboxylic acids is 1. The van der Waals surface area contributed by atoms with Gasteiger partial charge in [0.1, 0.15) is 11.4 Å². The molecule has 2 aromatic heterocycles. The lowest BCUT2D eigenvalue weighted by atomic mass is 10.1. The molecular formula is C26H23ClFN7O3. The third-order valence-electron chi connectivity index (χ3n) is 5.75. The highest BCUT2D eigenvalue weighted by molar-refractivity contribution is 6.33. The minimum atomic E-state index is -0.574. The molecule has 0 saturated carbocycles. The highest BCUT2D eigenvalue weighted by Crippen LogP contribution is 2.28. The van der Waals surface area contributed by atoms with Gasteiger partial charge >= 0.3 is 0 Å². The van der Waals surface area contributed by atoms with Crippen LogP contribution in [0.5, 0.6) is 5.75 Å². The number of hydrogen-bond acceptors (Lipinski definition) is 9. The van der Waals surface area contributed by atoms with Crippen LogP contribution < -0.4 is 21.1 Å². The molecule has 0 spiro atoms. The van der Waals surface area contributed by atoms with Gasteiger partial charge in [-0.05, 0) is 41.5 Å². The topological polar surface area (TPSA) is 125 Å². The second kappa shape index (κ2) is 11.3. The molecule has 1 amide bonds. The van der Waals surface area contributed by atoms with Crippen molar-refractivity contribution in [3.05, 3.63) is 83.5 Å². The molecule has 10 nitrogen and oxygen atoms in total. The molecule has 0 unspecified atom stereocenters. The molecule has 194 valence electrons. The van der Waals surface area contributed by atoms with Crippen molar-refractivity contribution in [1.29, 1.82) is 0 Å². The van der Waals surface area contributed by atoms with Gasteiger partial charge in [0.05, 0.1) is 36.3 Å². The van der Waals surface area contributed by atoms with E-state index in [1.165, 1.54) is 12.3 Å². The van der Waals surface area contributed by atoms with Crippen LogP contribution in [0.3, 0.4) is 0 Å². The van der Waals surface area contributed by atoms with Gasteiger partial charge in [-0.1, -0.05) is 35.9 Å². The molecular weight excluding hydrogens is 513 g/mol. The van der Waals surface area contributed by atoms with Gasteiger partial charge in [0.15, 0.2) is 11.6 Å². The molecule has 0 radical (unpaired) electrons. The van der Waals surface area contributed by atoms with Crippen LogP contribution in [0.25, 0.3) is 11.1 Å². The van der Waals surface area contributed by atoms with Crippen LogP contribution in [0.15, 0.2) is 67.0 Å². The van der Waals surface area contributed by atoms with E-state index in [-0.39, 0.29) is 28.2 Å². The molecule has 5 rings (SSSR count). The fourth-order valence-corrected chi connectivity index (χ4v) is 4.03. The number of rotatable bonds is 7. The zero-order chi connectivity index (χ0) is 26.5. The summed E-state index contributed by atoms with van der Waals surface area (Å²) in [6.45, 7) is 1.96. The Labute approximate surface area is 222 Å². The SMILES string of the molecule is O=C(NNc1ncc(F)c(N2CCOCC2)n1)c1cc(Cl)c(Nc2ccc(-c3cccc(O)c3)cc2)cn1. The zero-order valence-electron chi connectivity index (χ0n) is 20.0. The van der Waals surface area contributed by atoms with Crippen LogP contribution in [-0.4, -0.2) is 52.3 Å². The third kappa shape index (κ3) is 5.90. The maximum absolute atomic E-state index is 14.2. The van der Waals surface area contributed by atoms with Gasteiger partial charge in [-0.25, -0.2) is 14.4 Å². The summed E-state index contributed by atoms with van der Waals surface area (Å²) in [6, 6.07) is 16.0. The average Bonchev–Trinajstić information content (AvgIpc) is 2.94. The number of anilines is 4. The number of phenols is 1. The van der Waals surface area contributed by atoms with Crippen LogP contribution in [0.4, 0.5) is 27.5 Å². The van der Waals surface area contributed by atoms with E-state index in [4.69, 9.17) is 16.3 Å². The number of pyridine rings is 1. The van der Waals surface area contributed by atoms with E-state index in [1.807, 2.05) is 30.3 Å². The van der Waals surface area contributed by atoms with E-state index in [9.17, 15) is 14.3 Å². The van der Waals surface area contributed by atoms with Gasteiger partial charge in [-0.3, -0.25) is 15.6 Å². The van der Waals surface area contributed by atoms with Crippen molar-refractivity contribution in [3.63, 3.8) is 0 Å². The quantitative estimate of drug-likeness (QED) is 0.255. The van der Waals surface area contributed by atoms with Gasteiger partial charge < -0.3 is 20.1 Å². The molecule has 1 fully saturated rings. The molecule has 38 heavy (non-hydrogen) atoms. The van der Waals surface area contributed by atoms with Crippen LogP contribution >= 0.6 is 11.6 Å². The highest BCUT2D eigenvalue weighted by Gasteiger charge is 2.18. The third-order valence-corrected chi connectivity index (χ3v) is 6.07. The highest BCUT2D eigenvalue weighted by atomic mass is 35.5. The lowest BCUT2D eigenvalue weighted by Gasteiger charge is -2.28. The number of carbonyl (C=O) groups is 1. The Hall–Kier alpha value is -4.48. The standard InChI is InChI=1S/C26H23ClFN7O3/c27-20-13-22(25(37)33-34-26-30-14-21(28)24(32-26)35-8-10-38-11-9-35)29-15-23(20)31-18-6-4-16(5-7-18)17-2-1-3-19(36)12-17/h1-7,12-15,31,36H,8-11H2,(H,33,37)(H,30,32,34). The lowest BCUT2D eigenvalue weighted by Crippen LogP contribution is -2.38. The van der Waals surface area contributed by atoms with Crippen molar-refractivity contribution in [3.8, 4) is 16.9 Å². The molecule has 3 heterocycles. The number of ether oxygens (including phenoxy) is 1. The van der Waals surface area contributed by atoms with Gasteiger partial charge in [0.25, 0.3) is 5.91 Å². The predicted octanol–water partition coefficient (Wildman–Crippen LogP) is 4.37. The number of benzene rings is 2. The van der Waals surface area contributed by atoms with Crippen molar-refractivity contribution in [2.45, 2.75) is 0 Å². The first kappa shape index (κ1) is 25.2. The number of hydrazine groups is 1. The van der Waals surface area contributed by atoms with Crippen LogP contribution in [0, 0.1) is 5.82 Å². The van der Waals surface area contributed by atoms with Gasteiger partial charge in [0.2, 0.25) is 5.95 Å². The Balaban J connectivity index is 1.21. The Bertz CT molecular complexity index is 1450. The van der Waals surface area contributed by atoms with Crippen molar-refractivity contribution >= 4 is 40.6 Å². The van der Waals surface area contributed by atoms with Gasteiger partial charge in [0, 0.05) is 18.8 Å². The minimum absolute atomic E-state index is 0.0276. The molecule has 1 aliphatic rings. The molecule has 0 aliphatic carbocycles. The normalized spacial score (nSPS) is 13.2. The maximum atomic E-state index is 14.2. The lowest BCUT2D eigenvalue weighted by molar-refractivity contribution is 0.0957. The second-order valence-corrected chi connectivity index (χ2v) is 8.75. The van der Waals surface area contributed by atoms with Gasteiger partial charge in [-0.2, -0.15) is 4.98 Å². The molecule has 4 aromatic rings. The fraction of sp³-hybridized carbons (Fsp3) is 0.154. The first-order valence-electron chi connectivity index (χ1n) is 11.7. The summed E-state index contributed by atoms with van der Waals surface area (Å²) in [5.74, 6) is -0.778. The number of amides is 1. The van der Waals surface area contributed by atoms with E-state index in [0.29, 0.717) is 32.0 Å². The van der Waals surface area contributed by atoms with E-state index < -0.39 is 11.7 Å². The van der Waals surface area contributed by atoms with Crippen molar-refractivity contribution in [1.82, 2.24) is 20.4 Å². The number of halogens is 2. The van der Waals surface area contributed by atoms with Crippen LogP contribution in [-0.2, 0) is 4.74 Å². The summed E-state index contributed by atoms with van der Waals surface area (Å²) < 4.78 is 19.5. The van der Waals surface area contributed by atoms with Crippen molar-refractivity contribution < 1.29 is 19.0 Å². The van der Waals surface area contributed by atoms with Crippen molar-refractivity contribution in [2.24, 2.45) is 0 Å². The summed E-state index contributed by atoms with van der Waals surface area (Å²) in [4.78, 5) is 26.6. The Morgan fingerprint density at radius 2 is 1.82 bits per heavy atom. The number of nitrogens with one attached hydrogen (secondary N) is 3. The molecule has 4 N–H and O–H groups in total. The minimum Gasteiger partial charge on any atom is -0.508 e. The molecule has 2 aromatic carbocycles. The Kier molecular flexibility index (Phi) is 7.47. The Morgan fingerprint density at radius 1 is 1.03 bits per heavy atom. The van der Waals surface area contributed by atoms with Crippen molar-refractivity contribution in [2.75, 3.05) is 41.9 Å². The molecule has 1 saturated heterocycles. The number of hydrogen-bond donors (Lipinski definition) is 4. The number of aromatic hydroxyl groups is 1. The second-order valence-electron chi connectivity index (χ2n) is 8.35. The van der Waals surface area contributed by atoms with E-state index >= 15 is 0 Å². The molecule has 12 heteroatoms. The summed E-state index contributed by atoms with van der Waals surface area (Å²) in [6.07, 6.45) is 2.49. The van der Waals surface area contributed by atoms with E-state index in [0.717, 1.165) is 23.0 Å². The summed E-state index contributed by atoms with van der Waals surface area (Å²) in [5.41, 5.74) is 8.20. The Morgan fingerprint density at radius 3 is 2.55 bits per heavy atom. The maximum Gasteiger partial charge on any atom is 0.288 e. The van der Waals surface area contributed by atoms with Crippen LogP contribution in [0.1, 0.15) is 10.5 Å². The predicted molar refractivity (Wildman–Crippen MR) is 142 cm³/mol. The van der Waals surface area contributed by atoms with Crippen LogP contribution in [0.2, 0.25) is 5.02 Å². The zero-order valence-corrected chi connectivity index (χ0v) is 20.7. The number of aromatic nitrogens is 3. The first-order chi connectivity index (χ1) is 18.5. The summed E-state index contributed by atoms with van der Waals surface area (Å²) in [5, 5.41) is 13.1. The first-order valence-corrected chi connectivity index (χ1v) is 12.1. The fourth-order valence-electron chi connectivity index (χ4n) is 3.83. The monoisotopic (exact) mass is 535 g/mol. The van der Waals surface area contributed by atoms with E-state index in [2.05, 4.69) is 31.1 Å². The van der Waals surface area contributed by atoms with E-state index in [1.54, 1.807) is 23.1 Å². The smallest absolute Gasteiger partial charge is 0.288 e. The molecule has 1 aliphatic heterocycles. The van der Waals surface area contributed by atoms with Gasteiger partial charge in [-0.15, -0.1) is 0 Å². The number of morpholine rings is 1. The number of nitrogens with zero attached hydrogens (tertiary/aromatic N) is 4. The number of phenolic OH excluding ortho intramolecular Hbond substituents is 1. The average molecular weight is 536 g/mol. The summed E-state index contributed by atoms with van der Waals surface area (Å²) >= 11 is 6.40. The summed E-state index contributed by atoms with van der Waals surface area (Å²) in [7, 11) is 0. The largest absolute Gasteiger partial charge is 0.508 e. The molecule has 0 atom stereocenters. The molecule has 0 bridgehead atoms.